The van der Waals surface area contributed by atoms with Crippen molar-refractivity contribution in [1.29, 1.82) is 0 Å². The molecule has 102 valence electrons. The van der Waals surface area contributed by atoms with E-state index in [4.69, 9.17) is 4.42 Å². The SMILES string of the molecule is CCCNC(C)c1ncc(-c2ccc(Br)c(F)c2)o1. The van der Waals surface area contributed by atoms with Crippen molar-refractivity contribution in [1.82, 2.24) is 10.3 Å². The molecular formula is C14H16BrFN2O. The lowest BCUT2D eigenvalue weighted by Gasteiger charge is -2.08. The molecule has 0 saturated heterocycles. The molecule has 0 spiro atoms. The maximum atomic E-state index is 13.5. The van der Waals surface area contributed by atoms with Gasteiger partial charge in [-0.3, -0.25) is 0 Å². The van der Waals surface area contributed by atoms with Gasteiger partial charge in [0.15, 0.2) is 5.76 Å². The first-order valence-corrected chi connectivity index (χ1v) is 7.05. The van der Waals surface area contributed by atoms with E-state index in [1.54, 1.807) is 18.3 Å². The Labute approximate surface area is 120 Å². The minimum atomic E-state index is -0.312. The van der Waals surface area contributed by atoms with Crippen molar-refractivity contribution in [3.8, 4) is 11.3 Å². The minimum absolute atomic E-state index is 0.0500. The lowest BCUT2D eigenvalue weighted by molar-refractivity contribution is 0.423. The Bertz CT molecular complexity index is 556. The Hall–Kier alpha value is -1.20. The standard InChI is InChI=1S/C14H16BrFN2O/c1-3-6-17-9(2)14-18-8-13(19-14)10-4-5-11(15)12(16)7-10/h4-5,7-9,17H,3,6H2,1-2H3. The normalized spacial score (nSPS) is 12.6. The van der Waals surface area contributed by atoms with E-state index in [2.05, 4.69) is 33.2 Å². The van der Waals surface area contributed by atoms with Crippen LogP contribution in [0.4, 0.5) is 4.39 Å². The van der Waals surface area contributed by atoms with Gasteiger partial charge in [-0.2, -0.15) is 0 Å². The van der Waals surface area contributed by atoms with Crippen molar-refractivity contribution in [3.05, 3.63) is 40.6 Å². The van der Waals surface area contributed by atoms with Crippen molar-refractivity contribution < 1.29 is 8.81 Å². The number of hydrogen-bond acceptors (Lipinski definition) is 3. The summed E-state index contributed by atoms with van der Waals surface area (Å²) in [5.41, 5.74) is 0.683. The smallest absolute Gasteiger partial charge is 0.211 e. The maximum Gasteiger partial charge on any atom is 0.211 e. The molecule has 2 rings (SSSR count). The molecule has 1 unspecified atom stereocenters. The van der Waals surface area contributed by atoms with Crippen LogP contribution in [-0.4, -0.2) is 11.5 Å². The fourth-order valence-electron chi connectivity index (χ4n) is 1.72. The van der Waals surface area contributed by atoms with E-state index in [1.807, 2.05) is 6.92 Å². The maximum absolute atomic E-state index is 13.5. The van der Waals surface area contributed by atoms with Crippen LogP contribution in [0.25, 0.3) is 11.3 Å². The summed E-state index contributed by atoms with van der Waals surface area (Å²) in [6.07, 6.45) is 2.68. The van der Waals surface area contributed by atoms with Crippen LogP contribution in [-0.2, 0) is 0 Å². The third-order valence-corrected chi connectivity index (χ3v) is 3.44. The molecule has 19 heavy (non-hydrogen) atoms. The number of rotatable bonds is 5. The first-order valence-electron chi connectivity index (χ1n) is 6.26. The van der Waals surface area contributed by atoms with Crippen LogP contribution in [0.1, 0.15) is 32.2 Å². The molecule has 1 atom stereocenters. The Balaban J connectivity index is 2.18. The van der Waals surface area contributed by atoms with Gasteiger partial charge in [0.1, 0.15) is 5.82 Å². The highest BCUT2D eigenvalue weighted by Crippen LogP contribution is 2.26. The van der Waals surface area contributed by atoms with Crippen molar-refractivity contribution in [2.24, 2.45) is 0 Å². The van der Waals surface area contributed by atoms with Crippen LogP contribution < -0.4 is 5.32 Å². The van der Waals surface area contributed by atoms with Gasteiger partial charge in [0, 0.05) is 5.56 Å². The molecule has 0 aliphatic carbocycles. The molecule has 0 aliphatic rings. The number of benzene rings is 1. The van der Waals surface area contributed by atoms with E-state index in [-0.39, 0.29) is 11.9 Å². The van der Waals surface area contributed by atoms with E-state index in [9.17, 15) is 4.39 Å². The molecule has 0 radical (unpaired) electrons. The molecule has 2 aromatic rings. The highest BCUT2D eigenvalue weighted by molar-refractivity contribution is 9.10. The van der Waals surface area contributed by atoms with Crippen molar-refractivity contribution in [2.75, 3.05) is 6.54 Å². The van der Waals surface area contributed by atoms with Gasteiger partial charge >= 0.3 is 0 Å². The van der Waals surface area contributed by atoms with E-state index < -0.39 is 0 Å². The molecule has 1 aromatic heterocycles. The molecule has 1 heterocycles. The summed E-state index contributed by atoms with van der Waals surface area (Å²) in [7, 11) is 0. The molecule has 1 N–H and O–H groups in total. The fourth-order valence-corrected chi connectivity index (χ4v) is 1.97. The van der Waals surface area contributed by atoms with Gasteiger partial charge in [-0.1, -0.05) is 6.92 Å². The number of aromatic nitrogens is 1. The van der Waals surface area contributed by atoms with Gasteiger partial charge < -0.3 is 9.73 Å². The molecule has 0 amide bonds. The second-order valence-corrected chi connectivity index (χ2v) is 5.22. The summed E-state index contributed by atoms with van der Waals surface area (Å²) >= 11 is 3.13. The van der Waals surface area contributed by atoms with Crippen LogP contribution in [0.15, 0.2) is 33.3 Å². The van der Waals surface area contributed by atoms with E-state index in [0.29, 0.717) is 21.7 Å². The van der Waals surface area contributed by atoms with Crippen LogP contribution in [0, 0.1) is 5.82 Å². The van der Waals surface area contributed by atoms with Crippen molar-refractivity contribution in [2.45, 2.75) is 26.3 Å². The quantitative estimate of drug-likeness (QED) is 0.889. The highest BCUT2D eigenvalue weighted by atomic mass is 79.9. The summed E-state index contributed by atoms with van der Waals surface area (Å²) in [6.45, 7) is 5.00. The predicted molar refractivity (Wildman–Crippen MR) is 76.3 cm³/mol. The molecule has 0 aliphatic heterocycles. The third kappa shape index (κ3) is 3.42. The Morgan fingerprint density at radius 2 is 2.26 bits per heavy atom. The van der Waals surface area contributed by atoms with Gasteiger partial charge in [0.05, 0.1) is 16.7 Å². The zero-order valence-corrected chi connectivity index (χ0v) is 12.5. The van der Waals surface area contributed by atoms with Crippen molar-refractivity contribution >= 4 is 15.9 Å². The van der Waals surface area contributed by atoms with Crippen molar-refractivity contribution in [3.63, 3.8) is 0 Å². The molecule has 5 heteroatoms. The molecule has 0 fully saturated rings. The summed E-state index contributed by atoms with van der Waals surface area (Å²) in [4.78, 5) is 4.23. The van der Waals surface area contributed by atoms with Gasteiger partial charge in [0.2, 0.25) is 5.89 Å². The van der Waals surface area contributed by atoms with Crippen LogP contribution in [0.2, 0.25) is 0 Å². The average molecular weight is 327 g/mol. The Morgan fingerprint density at radius 3 is 2.95 bits per heavy atom. The molecular weight excluding hydrogens is 311 g/mol. The number of halogens is 2. The van der Waals surface area contributed by atoms with E-state index in [1.165, 1.54) is 6.07 Å². The lowest BCUT2D eigenvalue weighted by atomic mass is 10.2. The number of nitrogens with one attached hydrogen (secondary N) is 1. The largest absolute Gasteiger partial charge is 0.439 e. The predicted octanol–water partition coefficient (Wildman–Crippen LogP) is 4.30. The second-order valence-electron chi connectivity index (χ2n) is 4.37. The zero-order chi connectivity index (χ0) is 13.8. The second kappa shape index (κ2) is 6.30. The number of oxazole rings is 1. The van der Waals surface area contributed by atoms with Gasteiger partial charge in [-0.25, -0.2) is 9.37 Å². The van der Waals surface area contributed by atoms with Crippen LogP contribution in [0.3, 0.4) is 0 Å². The molecule has 0 saturated carbocycles. The highest BCUT2D eigenvalue weighted by Gasteiger charge is 2.13. The summed E-state index contributed by atoms with van der Waals surface area (Å²) in [5.74, 6) is 0.880. The van der Waals surface area contributed by atoms with Crippen LogP contribution in [0.5, 0.6) is 0 Å². The molecule has 0 bridgehead atoms. The zero-order valence-electron chi connectivity index (χ0n) is 10.9. The Morgan fingerprint density at radius 1 is 1.47 bits per heavy atom. The summed E-state index contributed by atoms with van der Waals surface area (Å²) in [6, 6.07) is 4.93. The summed E-state index contributed by atoms with van der Waals surface area (Å²) in [5, 5.41) is 3.30. The molecule has 3 nitrogen and oxygen atoms in total. The van der Waals surface area contributed by atoms with E-state index >= 15 is 0 Å². The monoisotopic (exact) mass is 326 g/mol. The van der Waals surface area contributed by atoms with Gasteiger partial charge in [-0.05, 0) is 54.0 Å². The van der Waals surface area contributed by atoms with Gasteiger partial charge in [-0.15, -0.1) is 0 Å². The lowest BCUT2D eigenvalue weighted by Crippen LogP contribution is -2.19. The van der Waals surface area contributed by atoms with Gasteiger partial charge in [0.25, 0.3) is 0 Å². The minimum Gasteiger partial charge on any atom is -0.439 e. The summed E-state index contributed by atoms with van der Waals surface area (Å²) < 4.78 is 19.6. The number of nitrogens with zero attached hydrogens (tertiary/aromatic N) is 1. The fraction of sp³-hybridized carbons (Fsp3) is 0.357. The number of hydrogen-bond donors (Lipinski definition) is 1. The Kier molecular flexibility index (Phi) is 4.71. The topological polar surface area (TPSA) is 38.1 Å². The van der Waals surface area contributed by atoms with Crippen LogP contribution >= 0.6 is 15.9 Å². The first-order chi connectivity index (χ1) is 9.11. The van der Waals surface area contributed by atoms with E-state index in [0.717, 1.165) is 13.0 Å². The average Bonchev–Trinajstić information content (AvgIpc) is 2.89. The molecule has 1 aromatic carbocycles. The third-order valence-electron chi connectivity index (χ3n) is 2.80. The first kappa shape index (κ1) is 14.2.